The fraction of sp³-hybridized carbons (Fsp3) is 0.348. The van der Waals surface area contributed by atoms with Gasteiger partial charge in [-0.25, -0.2) is 4.79 Å². The summed E-state index contributed by atoms with van der Waals surface area (Å²) in [4.78, 5) is 41.3. The van der Waals surface area contributed by atoms with Crippen molar-refractivity contribution in [2.75, 3.05) is 11.9 Å². The summed E-state index contributed by atoms with van der Waals surface area (Å²) in [5.41, 5.74) is -0.194. The molecule has 2 fully saturated rings. The van der Waals surface area contributed by atoms with Crippen molar-refractivity contribution in [1.82, 2.24) is 10.2 Å². The molecule has 1 aliphatic heterocycles. The number of carbonyl (C=O) groups is 3. The number of benzene rings is 2. The molecule has 1 aliphatic carbocycles. The fourth-order valence-electron chi connectivity index (χ4n) is 4.25. The summed E-state index contributed by atoms with van der Waals surface area (Å²) in [6.07, 6.45) is 3.49. The first-order chi connectivity index (χ1) is 14.5. The van der Waals surface area contributed by atoms with Crippen molar-refractivity contribution < 1.29 is 14.4 Å². The number of imide groups is 1. The van der Waals surface area contributed by atoms with Crippen LogP contribution in [0.15, 0.2) is 64.4 Å². The standard InChI is InChI=1S/C23H25N3O3S/c1-16-9-7-8-14-23(16)21(28)26(22(29)25-23)15-20(27)24-18-12-5-6-13-19(18)30-17-10-3-2-4-11-17/h2-6,10-13,16H,7-9,14-15H2,1H3,(H,24,27)(H,25,29)/t16-,23-/m0/s1. The largest absolute Gasteiger partial charge is 0.325 e. The van der Waals surface area contributed by atoms with Crippen molar-refractivity contribution in [3.05, 3.63) is 54.6 Å². The lowest BCUT2D eigenvalue weighted by Gasteiger charge is -2.36. The third-order valence-corrected chi connectivity index (χ3v) is 7.02. The Hall–Kier alpha value is -2.80. The molecule has 7 heteroatoms. The van der Waals surface area contributed by atoms with E-state index in [1.165, 1.54) is 0 Å². The lowest BCUT2D eigenvalue weighted by Crippen LogP contribution is -2.54. The fourth-order valence-corrected chi connectivity index (χ4v) is 5.17. The predicted molar refractivity (Wildman–Crippen MR) is 116 cm³/mol. The zero-order valence-electron chi connectivity index (χ0n) is 16.9. The smallest absolute Gasteiger partial charge is 0.323 e. The Morgan fingerprint density at radius 2 is 1.87 bits per heavy atom. The van der Waals surface area contributed by atoms with Crippen molar-refractivity contribution in [2.45, 2.75) is 47.9 Å². The quantitative estimate of drug-likeness (QED) is 0.704. The number of nitrogens with one attached hydrogen (secondary N) is 2. The van der Waals surface area contributed by atoms with E-state index in [0.717, 1.165) is 34.0 Å². The first-order valence-corrected chi connectivity index (χ1v) is 11.1. The van der Waals surface area contributed by atoms with Gasteiger partial charge in [-0.05, 0) is 43.0 Å². The van der Waals surface area contributed by atoms with Gasteiger partial charge in [-0.3, -0.25) is 14.5 Å². The predicted octanol–water partition coefficient (Wildman–Crippen LogP) is 4.28. The van der Waals surface area contributed by atoms with E-state index < -0.39 is 11.6 Å². The number of hydrogen-bond donors (Lipinski definition) is 2. The minimum atomic E-state index is -0.851. The summed E-state index contributed by atoms with van der Waals surface area (Å²) >= 11 is 1.54. The molecule has 2 aromatic carbocycles. The van der Waals surface area contributed by atoms with Gasteiger partial charge in [0.15, 0.2) is 0 Å². The highest BCUT2D eigenvalue weighted by atomic mass is 32.2. The Morgan fingerprint density at radius 3 is 2.63 bits per heavy atom. The maximum absolute atomic E-state index is 13.1. The van der Waals surface area contributed by atoms with Crippen LogP contribution in [0.1, 0.15) is 32.6 Å². The van der Waals surface area contributed by atoms with E-state index in [2.05, 4.69) is 10.6 Å². The molecule has 0 unspecified atom stereocenters. The molecule has 1 saturated carbocycles. The van der Waals surface area contributed by atoms with Crippen LogP contribution in [0.2, 0.25) is 0 Å². The number of amides is 4. The Balaban J connectivity index is 1.45. The molecule has 0 radical (unpaired) electrons. The van der Waals surface area contributed by atoms with Gasteiger partial charge in [0.05, 0.1) is 5.69 Å². The number of anilines is 1. The maximum atomic E-state index is 13.1. The Kier molecular flexibility index (Phi) is 5.81. The van der Waals surface area contributed by atoms with Crippen LogP contribution in [0.5, 0.6) is 0 Å². The van der Waals surface area contributed by atoms with Gasteiger partial charge in [-0.2, -0.15) is 0 Å². The molecule has 1 saturated heterocycles. The van der Waals surface area contributed by atoms with Crippen LogP contribution in [0.25, 0.3) is 0 Å². The number of rotatable bonds is 5. The van der Waals surface area contributed by atoms with Crippen LogP contribution in [0.3, 0.4) is 0 Å². The minimum Gasteiger partial charge on any atom is -0.323 e. The first-order valence-electron chi connectivity index (χ1n) is 10.3. The summed E-state index contributed by atoms with van der Waals surface area (Å²) in [6, 6.07) is 16.9. The number of nitrogens with zero attached hydrogens (tertiary/aromatic N) is 1. The van der Waals surface area contributed by atoms with Gasteiger partial charge in [0.1, 0.15) is 12.1 Å². The zero-order valence-corrected chi connectivity index (χ0v) is 17.7. The summed E-state index contributed by atoms with van der Waals surface area (Å²) in [6.45, 7) is 1.71. The van der Waals surface area contributed by atoms with E-state index >= 15 is 0 Å². The molecule has 2 atom stereocenters. The summed E-state index contributed by atoms with van der Waals surface area (Å²) in [7, 11) is 0. The molecule has 2 N–H and O–H groups in total. The second kappa shape index (κ2) is 8.52. The van der Waals surface area contributed by atoms with Gasteiger partial charge in [0, 0.05) is 9.79 Å². The SMILES string of the molecule is C[C@H]1CCCC[C@]12NC(=O)N(CC(=O)Nc1ccccc1Sc1ccccc1)C2=O. The third-order valence-electron chi connectivity index (χ3n) is 5.94. The van der Waals surface area contributed by atoms with Gasteiger partial charge in [-0.15, -0.1) is 0 Å². The zero-order chi connectivity index (χ0) is 21.1. The van der Waals surface area contributed by atoms with Crippen molar-refractivity contribution in [1.29, 1.82) is 0 Å². The van der Waals surface area contributed by atoms with E-state index in [-0.39, 0.29) is 24.3 Å². The molecule has 156 valence electrons. The Labute approximate surface area is 180 Å². The van der Waals surface area contributed by atoms with Crippen LogP contribution in [-0.2, 0) is 9.59 Å². The van der Waals surface area contributed by atoms with Crippen LogP contribution in [0, 0.1) is 5.92 Å². The second-order valence-corrected chi connectivity index (χ2v) is 9.01. The monoisotopic (exact) mass is 423 g/mol. The van der Waals surface area contributed by atoms with Crippen LogP contribution < -0.4 is 10.6 Å². The Bertz CT molecular complexity index is 965. The van der Waals surface area contributed by atoms with Crippen LogP contribution in [0.4, 0.5) is 10.5 Å². The average molecular weight is 424 g/mol. The van der Waals surface area contributed by atoms with Gasteiger partial charge < -0.3 is 10.6 Å². The van der Waals surface area contributed by atoms with Crippen molar-refractivity contribution >= 4 is 35.3 Å². The number of urea groups is 1. The van der Waals surface area contributed by atoms with Crippen LogP contribution >= 0.6 is 11.8 Å². The van der Waals surface area contributed by atoms with E-state index in [0.29, 0.717) is 12.1 Å². The highest BCUT2D eigenvalue weighted by Crippen LogP contribution is 2.38. The maximum Gasteiger partial charge on any atom is 0.325 e. The molecule has 0 aromatic heterocycles. The molecule has 2 aliphatic rings. The summed E-state index contributed by atoms with van der Waals surface area (Å²) < 4.78 is 0. The molecule has 4 rings (SSSR count). The first kappa shape index (κ1) is 20.5. The van der Waals surface area contributed by atoms with Gasteiger partial charge in [0.2, 0.25) is 5.91 Å². The molecule has 2 aromatic rings. The molecule has 0 bridgehead atoms. The lowest BCUT2D eigenvalue weighted by atomic mass is 9.73. The summed E-state index contributed by atoms with van der Waals surface area (Å²) in [5.74, 6) is -0.597. The second-order valence-electron chi connectivity index (χ2n) is 7.90. The molecular formula is C23H25N3O3S. The van der Waals surface area contributed by atoms with E-state index in [9.17, 15) is 14.4 Å². The molecular weight excluding hydrogens is 398 g/mol. The Morgan fingerprint density at radius 1 is 1.13 bits per heavy atom. The summed E-state index contributed by atoms with van der Waals surface area (Å²) in [5, 5.41) is 5.75. The van der Waals surface area contributed by atoms with Gasteiger partial charge >= 0.3 is 6.03 Å². The van der Waals surface area contributed by atoms with Crippen molar-refractivity contribution in [2.24, 2.45) is 5.92 Å². The number of para-hydroxylation sites is 1. The molecule has 1 spiro atoms. The van der Waals surface area contributed by atoms with E-state index in [1.54, 1.807) is 11.8 Å². The van der Waals surface area contributed by atoms with Gasteiger partial charge in [-0.1, -0.05) is 61.9 Å². The molecule has 30 heavy (non-hydrogen) atoms. The topological polar surface area (TPSA) is 78.5 Å². The normalized spacial score (nSPS) is 23.5. The van der Waals surface area contributed by atoms with E-state index in [4.69, 9.17) is 0 Å². The molecule has 1 heterocycles. The highest BCUT2D eigenvalue weighted by Gasteiger charge is 2.55. The highest BCUT2D eigenvalue weighted by molar-refractivity contribution is 7.99. The lowest BCUT2D eigenvalue weighted by molar-refractivity contribution is -0.136. The van der Waals surface area contributed by atoms with Crippen molar-refractivity contribution in [3.8, 4) is 0 Å². The minimum absolute atomic E-state index is 0.0683. The average Bonchev–Trinajstić information content (AvgIpc) is 2.97. The number of carbonyl (C=O) groups excluding carboxylic acids is 3. The van der Waals surface area contributed by atoms with Crippen molar-refractivity contribution in [3.63, 3.8) is 0 Å². The van der Waals surface area contributed by atoms with Crippen LogP contribution in [-0.4, -0.2) is 34.8 Å². The molecule has 4 amide bonds. The molecule has 6 nitrogen and oxygen atoms in total. The van der Waals surface area contributed by atoms with Gasteiger partial charge in [0.25, 0.3) is 5.91 Å². The third kappa shape index (κ3) is 3.94. The van der Waals surface area contributed by atoms with E-state index in [1.807, 2.05) is 61.5 Å². The number of hydrogen-bond acceptors (Lipinski definition) is 4.